The van der Waals surface area contributed by atoms with Crippen LogP contribution in [0.4, 0.5) is 19.3 Å². The molecule has 1 aromatic heterocycles. The number of urea groups is 1. The molecule has 3 amide bonds. The fraction of sp³-hybridized carbons (Fsp3) is 0.190. The average Bonchev–Trinajstić information content (AvgIpc) is 2.94. The van der Waals surface area contributed by atoms with Crippen LogP contribution in [0.5, 0.6) is 0 Å². The number of imide groups is 1. The summed E-state index contributed by atoms with van der Waals surface area (Å²) in [6.07, 6.45) is 2.00. The van der Waals surface area contributed by atoms with Crippen molar-refractivity contribution in [3.05, 3.63) is 70.0 Å². The predicted molar refractivity (Wildman–Crippen MR) is 109 cm³/mol. The first-order valence-electron chi connectivity index (χ1n) is 9.15. The molecule has 0 atom stereocenters. The van der Waals surface area contributed by atoms with E-state index in [9.17, 15) is 18.4 Å². The van der Waals surface area contributed by atoms with Crippen LogP contribution in [0.1, 0.15) is 24.3 Å². The number of hydrogen-bond acceptors (Lipinski definition) is 3. The zero-order valence-corrected chi connectivity index (χ0v) is 16.8. The normalized spacial score (nSPS) is 23.2. The first-order valence-corrected chi connectivity index (χ1v) is 9.91. The molecule has 1 spiro atoms. The van der Waals surface area contributed by atoms with Crippen LogP contribution in [0, 0.1) is 11.6 Å². The number of nitrogens with zero attached hydrogens (tertiary/aromatic N) is 2. The van der Waals surface area contributed by atoms with Gasteiger partial charge >= 0.3 is 6.03 Å². The van der Waals surface area contributed by atoms with Crippen LogP contribution in [0.2, 0.25) is 10.2 Å². The van der Waals surface area contributed by atoms with Crippen LogP contribution in [0.15, 0.2) is 42.6 Å². The third-order valence-electron chi connectivity index (χ3n) is 5.78. The summed E-state index contributed by atoms with van der Waals surface area (Å²) in [7, 11) is 0. The number of anilines is 1. The Morgan fingerprint density at radius 3 is 2.57 bits per heavy atom. The monoisotopic (exact) mass is 447 g/mol. The number of hydrogen-bond donors (Lipinski definition) is 1. The van der Waals surface area contributed by atoms with E-state index in [-0.39, 0.29) is 34.6 Å². The minimum absolute atomic E-state index is 0.0359. The first-order chi connectivity index (χ1) is 14.3. The SMILES string of the molecule is O=C1NC2(CC(c3cc(F)c(F)cc3Cl)C2)C(=O)N1c1c(Cl)ncc2ccccc12. The highest BCUT2D eigenvalue weighted by Gasteiger charge is 2.60. The average molecular weight is 448 g/mol. The summed E-state index contributed by atoms with van der Waals surface area (Å²) in [6, 6.07) is 8.52. The van der Waals surface area contributed by atoms with E-state index < -0.39 is 29.1 Å². The highest BCUT2D eigenvalue weighted by atomic mass is 35.5. The summed E-state index contributed by atoms with van der Waals surface area (Å²) < 4.78 is 27.0. The molecule has 1 N–H and O–H groups in total. The lowest BCUT2D eigenvalue weighted by Gasteiger charge is -2.43. The number of halogens is 4. The maximum Gasteiger partial charge on any atom is 0.329 e. The Labute approximate surface area is 179 Å². The van der Waals surface area contributed by atoms with Gasteiger partial charge in [-0.1, -0.05) is 47.5 Å². The van der Waals surface area contributed by atoms with Crippen molar-refractivity contribution in [3.8, 4) is 0 Å². The van der Waals surface area contributed by atoms with Gasteiger partial charge in [0.15, 0.2) is 16.8 Å². The van der Waals surface area contributed by atoms with Crippen molar-refractivity contribution in [3.63, 3.8) is 0 Å². The lowest BCUT2D eigenvalue weighted by atomic mass is 9.65. The van der Waals surface area contributed by atoms with Crippen LogP contribution >= 0.6 is 23.2 Å². The number of carbonyl (C=O) groups is 2. The number of pyridine rings is 1. The number of benzene rings is 2. The Hall–Kier alpha value is -2.77. The van der Waals surface area contributed by atoms with Crippen LogP contribution in [0.3, 0.4) is 0 Å². The highest BCUT2D eigenvalue weighted by molar-refractivity contribution is 6.37. The summed E-state index contributed by atoms with van der Waals surface area (Å²) in [4.78, 5) is 31.2. The number of nitrogens with one attached hydrogen (secondary N) is 1. The Kier molecular flexibility index (Phi) is 4.24. The van der Waals surface area contributed by atoms with Crippen molar-refractivity contribution in [2.45, 2.75) is 24.3 Å². The number of fused-ring (bicyclic) bond motifs is 1. The quantitative estimate of drug-likeness (QED) is 0.334. The summed E-state index contributed by atoms with van der Waals surface area (Å²) in [5.74, 6) is -2.79. The van der Waals surface area contributed by atoms with E-state index in [1.54, 1.807) is 24.4 Å². The molecule has 2 aromatic carbocycles. The summed E-state index contributed by atoms with van der Waals surface area (Å²) in [5.41, 5.74) is -0.508. The smallest absolute Gasteiger partial charge is 0.323 e. The number of amides is 3. The zero-order valence-electron chi connectivity index (χ0n) is 15.3. The second-order valence-corrected chi connectivity index (χ2v) is 8.30. The van der Waals surface area contributed by atoms with Crippen molar-refractivity contribution < 1.29 is 18.4 Å². The molecule has 5 rings (SSSR count). The molecular weight excluding hydrogens is 435 g/mol. The van der Waals surface area contributed by atoms with Gasteiger partial charge in [0.05, 0.1) is 5.69 Å². The molecule has 2 fully saturated rings. The van der Waals surface area contributed by atoms with Crippen LogP contribution in [-0.2, 0) is 4.79 Å². The molecule has 0 bridgehead atoms. The van der Waals surface area contributed by atoms with Crippen molar-refractivity contribution in [1.29, 1.82) is 0 Å². The molecule has 2 aliphatic rings. The van der Waals surface area contributed by atoms with Crippen molar-refractivity contribution in [1.82, 2.24) is 10.3 Å². The van der Waals surface area contributed by atoms with E-state index in [1.165, 1.54) is 0 Å². The number of aromatic nitrogens is 1. The van der Waals surface area contributed by atoms with Crippen LogP contribution in [-0.4, -0.2) is 22.5 Å². The molecule has 1 aliphatic heterocycles. The van der Waals surface area contributed by atoms with E-state index in [0.29, 0.717) is 10.9 Å². The maximum absolute atomic E-state index is 13.7. The van der Waals surface area contributed by atoms with Gasteiger partial charge < -0.3 is 5.32 Å². The number of carbonyl (C=O) groups excluding carboxylic acids is 2. The standard InChI is InChI=1S/C21H13Cl2F2N3O2/c22-14-6-16(25)15(24)5-13(14)11-7-21(8-11)19(29)28(20(30)27-21)17-12-4-2-1-3-10(12)9-26-18(17)23/h1-6,9,11H,7-8H2,(H,27,30). The van der Waals surface area contributed by atoms with Crippen molar-refractivity contribution in [2.24, 2.45) is 0 Å². The van der Waals surface area contributed by atoms with Gasteiger partial charge in [0.25, 0.3) is 5.91 Å². The Morgan fingerprint density at radius 1 is 1.10 bits per heavy atom. The summed E-state index contributed by atoms with van der Waals surface area (Å²) in [5, 5.41) is 4.22. The molecular formula is C21H13Cl2F2N3O2. The molecule has 5 nitrogen and oxygen atoms in total. The Morgan fingerprint density at radius 2 is 1.80 bits per heavy atom. The molecule has 3 aromatic rings. The van der Waals surface area contributed by atoms with Gasteiger partial charge in [-0.15, -0.1) is 0 Å². The molecule has 0 radical (unpaired) electrons. The molecule has 152 valence electrons. The van der Waals surface area contributed by atoms with E-state index in [2.05, 4.69) is 10.3 Å². The van der Waals surface area contributed by atoms with Gasteiger partial charge in [0.1, 0.15) is 5.54 Å². The highest BCUT2D eigenvalue weighted by Crippen LogP contribution is 2.51. The lowest BCUT2D eigenvalue weighted by molar-refractivity contribution is -0.125. The van der Waals surface area contributed by atoms with Gasteiger partial charge in [-0.25, -0.2) is 23.5 Å². The van der Waals surface area contributed by atoms with E-state index in [1.807, 2.05) is 6.07 Å². The van der Waals surface area contributed by atoms with Gasteiger partial charge in [-0.2, -0.15) is 0 Å². The minimum atomic E-state index is -1.14. The second-order valence-electron chi connectivity index (χ2n) is 7.53. The van der Waals surface area contributed by atoms with Gasteiger partial charge in [-0.3, -0.25) is 4.79 Å². The van der Waals surface area contributed by atoms with Gasteiger partial charge in [0.2, 0.25) is 0 Å². The molecule has 1 aliphatic carbocycles. The molecule has 0 unspecified atom stereocenters. The third kappa shape index (κ3) is 2.69. The summed E-state index contributed by atoms with van der Waals surface area (Å²) >= 11 is 12.3. The second kappa shape index (κ2) is 6.62. The Bertz CT molecular complexity index is 1240. The fourth-order valence-corrected chi connectivity index (χ4v) is 4.83. The van der Waals surface area contributed by atoms with Gasteiger partial charge in [0, 0.05) is 22.0 Å². The third-order valence-corrected chi connectivity index (χ3v) is 6.39. The van der Waals surface area contributed by atoms with Crippen molar-refractivity contribution >= 4 is 51.6 Å². The van der Waals surface area contributed by atoms with Crippen LogP contribution in [0.25, 0.3) is 10.8 Å². The zero-order chi connectivity index (χ0) is 21.2. The molecule has 1 saturated carbocycles. The topological polar surface area (TPSA) is 62.3 Å². The van der Waals surface area contributed by atoms with E-state index in [4.69, 9.17) is 23.2 Å². The molecule has 1 saturated heterocycles. The lowest BCUT2D eigenvalue weighted by Crippen LogP contribution is -2.56. The minimum Gasteiger partial charge on any atom is -0.323 e. The first kappa shape index (κ1) is 19.2. The van der Waals surface area contributed by atoms with Crippen LogP contribution < -0.4 is 10.2 Å². The van der Waals surface area contributed by atoms with E-state index in [0.717, 1.165) is 22.4 Å². The summed E-state index contributed by atoms with van der Waals surface area (Å²) in [6.45, 7) is 0. The predicted octanol–water partition coefficient (Wildman–Crippen LogP) is 5.19. The molecule has 30 heavy (non-hydrogen) atoms. The van der Waals surface area contributed by atoms with E-state index >= 15 is 0 Å². The maximum atomic E-state index is 13.7. The number of rotatable bonds is 2. The molecule has 9 heteroatoms. The van der Waals surface area contributed by atoms with Gasteiger partial charge in [-0.05, 0) is 36.5 Å². The Balaban J connectivity index is 1.49. The largest absolute Gasteiger partial charge is 0.329 e. The fourth-order valence-electron chi connectivity index (χ4n) is 4.29. The molecule has 2 heterocycles. The van der Waals surface area contributed by atoms with Crippen molar-refractivity contribution in [2.75, 3.05) is 4.90 Å².